The molecule has 1 unspecified atom stereocenters. The number of benzene rings is 1. The van der Waals surface area contributed by atoms with Gasteiger partial charge in [-0.2, -0.15) is 0 Å². The molecule has 1 aromatic carbocycles. The zero-order valence-electron chi connectivity index (χ0n) is 13.9. The Kier molecular flexibility index (Phi) is 4.18. The van der Waals surface area contributed by atoms with Gasteiger partial charge < -0.3 is 10.6 Å². The summed E-state index contributed by atoms with van der Waals surface area (Å²) in [6.45, 7) is 0.350. The summed E-state index contributed by atoms with van der Waals surface area (Å²) in [7, 11) is 0. The van der Waals surface area contributed by atoms with Crippen molar-refractivity contribution in [2.24, 2.45) is 0 Å². The summed E-state index contributed by atoms with van der Waals surface area (Å²) in [6, 6.07) is 10.8. The highest BCUT2D eigenvalue weighted by molar-refractivity contribution is 5.99. The Morgan fingerprint density at radius 3 is 2.92 bits per heavy atom. The molecule has 26 heavy (non-hydrogen) atoms. The Hall–Kier alpha value is -3.48. The predicted molar refractivity (Wildman–Crippen MR) is 94.5 cm³/mol. The maximum absolute atomic E-state index is 12.4. The van der Waals surface area contributed by atoms with Gasteiger partial charge in [-0.25, -0.2) is 9.97 Å². The second-order valence-corrected chi connectivity index (χ2v) is 6.05. The number of rotatable bonds is 5. The topological polar surface area (TPSA) is 88.9 Å². The number of hydrogen-bond acceptors (Lipinski definition) is 4. The lowest BCUT2D eigenvalue weighted by atomic mass is 10.0. The monoisotopic (exact) mass is 347 g/mol. The van der Waals surface area contributed by atoms with Crippen LogP contribution in [0.25, 0.3) is 5.82 Å². The van der Waals surface area contributed by atoms with Crippen LogP contribution >= 0.6 is 0 Å². The number of aromatic nitrogens is 3. The lowest BCUT2D eigenvalue weighted by molar-refractivity contribution is -0.121. The molecule has 7 nitrogen and oxygen atoms in total. The number of nitrogens with one attached hydrogen (secondary N) is 2. The fourth-order valence-corrected chi connectivity index (χ4v) is 3.12. The Labute approximate surface area is 150 Å². The third-order valence-electron chi connectivity index (χ3n) is 4.37. The number of imidazole rings is 1. The Balaban J connectivity index is 1.42. The van der Waals surface area contributed by atoms with E-state index >= 15 is 0 Å². The van der Waals surface area contributed by atoms with E-state index in [2.05, 4.69) is 20.6 Å². The molecule has 4 rings (SSSR count). The fourth-order valence-electron chi connectivity index (χ4n) is 3.12. The van der Waals surface area contributed by atoms with E-state index in [9.17, 15) is 9.59 Å². The van der Waals surface area contributed by atoms with Crippen LogP contribution in [0.3, 0.4) is 0 Å². The molecular formula is C19H17N5O2. The molecule has 0 bridgehead atoms. The standard InChI is InChI=1S/C19H17N5O2/c25-17(10-16-14-5-1-2-6-15(14)19(26)23-16)22-11-13-4-3-7-21-18(13)24-9-8-20-12-24/h1-9,12,16H,10-11H2,(H,22,25)(H,23,26). The fraction of sp³-hybridized carbons (Fsp3) is 0.158. The minimum absolute atomic E-state index is 0.131. The molecule has 2 N–H and O–H groups in total. The first-order chi connectivity index (χ1) is 12.7. The maximum Gasteiger partial charge on any atom is 0.252 e. The van der Waals surface area contributed by atoms with Crippen molar-refractivity contribution in [3.8, 4) is 5.82 Å². The molecule has 1 aliphatic heterocycles. The highest BCUT2D eigenvalue weighted by Gasteiger charge is 2.29. The maximum atomic E-state index is 12.4. The van der Waals surface area contributed by atoms with E-state index in [1.54, 1.807) is 35.6 Å². The lowest BCUT2D eigenvalue weighted by Crippen LogP contribution is -2.29. The zero-order valence-corrected chi connectivity index (χ0v) is 13.9. The highest BCUT2D eigenvalue weighted by Crippen LogP contribution is 2.27. The number of fused-ring (bicyclic) bond motifs is 1. The quantitative estimate of drug-likeness (QED) is 0.736. The van der Waals surface area contributed by atoms with Crippen molar-refractivity contribution < 1.29 is 9.59 Å². The molecule has 7 heteroatoms. The van der Waals surface area contributed by atoms with Crippen LogP contribution in [0.2, 0.25) is 0 Å². The number of amides is 2. The van der Waals surface area contributed by atoms with Crippen LogP contribution in [0.15, 0.2) is 61.3 Å². The molecule has 0 aliphatic carbocycles. The molecule has 0 saturated carbocycles. The van der Waals surface area contributed by atoms with Gasteiger partial charge in [-0.05, 0) is 17.7 Å². The lowest BCUT2D eigenvalue weighted by Gasteiger charge is -2.13. The minimum Gasteiger partial charge on any atom is -0.352 e. The molecule has 0 spiro atoms. The smallest absolute Gasteiger partial charge is 0.252 e. The van der Waals surface area contributed by atoms with Crippen molar-refractivity contribution in [1.29, 1.82) is 0 Å². The van der Waals surface area contributed by atoms with Gasteiger partial charge in [-0.1, -0.05) is 24.3 Å². The first kappa shape index (κ1) is 16.0. The summed E-state index contributed by atoms with van der Waals surface area (Å²) in [5.74, 6) is 0.463. The third kappa shape index (κ3) is 3.06. The van der Waals surface area contributed by atoms with Gasteiger partial charge in [0.2, 0.25) is 5.91 Å². The van der Waals surface area contributed by atoms with Crippen molar-refractivity contribution in [3.05, 3.63) is 78.0 Å². The van der Waals surface area contributed by atoms with Crippen LogP contribution in [0, 0.1) is 0 Å². The number of pyridine rings is 1. The number of hydrogen-bond donors (Lipinski definition) is 2. The Morgan fingerprint density at radius 2 is 2.08 bits per heavy atom. The molecule has 1 atom stereocenters. The SMILES string of the molecule is O=C(CC1NC(=O)c2ccccc21)NCc1cccnc1-n1ccnc1. The second-order valence-electron chi connectivity index (χ2n) is 6.05. The van der Waals surface area contributed by atoms with Crippen LogP contribution < -0.4 is 10.6 Å². The normalized spacial score (nSPS) is 15.4. The summed E-state index contributed by atoms with van der Waals surface area (Å²) < 4.78 is 1.80. The molecule has 3 aromatic rings. The van der Waals surface area contributed by atoms with Crippen LogP contribution in [0.5, 0.6) is 0 Å². The van der Waals surface area contributed by atoms with E-state index in [1.807, 2.05) is 30.3 Å². The van der Waals surface area contributed by atoms with Crippen LogP contribution in [-0.2, 0) is 11.3 Å². The van der Waals surface area contributed by atoms with Gasteiger partial charge in [-0.15, -0.1) is 0 Å². The van der Waals surface area contributed by atoms with Gasteiger partial charge in [0, 0.05) is 36.3 Å². The zero-order chi connectivity index (χ0) is 17.9. The minimum atomic E-state index is -0.291. The van der Waals surface area contributed by atoms with E-state index in [-0.39, 0.29) is 24.3 Å². The molecule has 3 heterocycles. The summed E-state index contributed by atoms with van der Waals surface area (Å²) in [4.78, 5) is 32.7. The Bertz CT molecular complexity index is 952. The van der Waals surface area contributed by atoms with E-state index in [1.165, 1.54) is 0 Å². The summed E-state index contributed by atoms with van der Waals surface area (Å²) in [5.41, 5.74) is 2.39. The average Bonchev–Trinajstić information content (AvgIpc) is 3.30. The van der Waals surface area contributed by atoms with E-state index in [4.69, 9.17) is 0 Å². The molecular weight excluding hydrogens is 330 g/mol. The van der Waals surface area contributed by atoms with E-state index in [0.717, 1.165) is 16.9 Å². The van der Waals surface area contributed by atoms with Crippen LogP contribution in [0.4, 0.5) is 0 Å². The number of carbonyl (C=O) groups is 2. The Morgan fingerprint density at radius 1 is 1.19 bits per heavy atom. The van der Waals surface area contributed by atoms with Crippen LogP contribution in [0.1, 0.15) is 33.9 Å². The van der Waals surface area contributed by atoms with Gasteiger partial charge in [0.25, 0.3) is 5.91 Å². The first-order valence-corrected chi connectivity index (χ1v) is 8.31. The summed E-state index contributed by atoms with van der Waals surface area (Å²) in [6.07, 6.45) is 7.05. The average molecular weight is 347 g/mol. The predicted octanol–water partition coefficient (Wildman–Crippen LogP) is 1.76. The number of carbonyl (C=O) groups excluding carboxylic acids is 2. The van der Waals surface area contributed by atoms with E-state index < -0.39 is 0 Å². The molecule has 0 saturated heterocycles. The van der Waals surface area contributed by atoms with Gasteiger partial charge in [-0.3, -0.25) is 14.2 Å². The molecule has 2 aromatic heterocycles. The van der Waals surface area contributed by atoms with Crippen molar-refractivity contribution in [3.63, 3.8) is 0 Å². The van der Waals surface area contributed by atoms with Crippen molar-refractivity contribution in [2.75, 3.05) is 0 Å². The van der Waals surface area contributed by atoms with Gasteiger partial charge >= 0.3 is 0 Å². The largest absolute Gasteiger partial charge is 0.352 e. The summed E-state index contributed by atoms with van der Waals surface area (Å²) in [5, 5.41) is 5.77. The molecule has 0 fully saturated rings. The first-order valence-electron chi connectivity index (χ1n) is 8.31. The van der Waals surface area contributed by atoms with E-state index in [0.29, 0.717) is 12.1 Å². The van der Waals surface area contributed by atoms with Gasteiger partial charge in [0.15, 0.2) is 0 Å². The second kappa shape index (κ2) is 6.79. The summed E-state index contributed by atoms with van der Waals surface area (Å²) >= 11 is 0. The third-order valence-corrected chi connectivity index (χ3v) is 4.37. The van der Waals surface area contributed by atoms with Crippen LogP contribution in [-0.4, -0.2) is 26.3 Å². The molecule has 1 aliphatic rings. The number of nitrogens with zero attached hydrogens (tertiary/aromatic N) is 3. The van der Waals surface area contributed by atoms with Gasteiger partial charge in [0.1, 0.15) is 12.1 Å². The van der Waals surface area contributed by atoms with Crippen molar-refractivity contribution in [1.82, 2.24) is 25.2 Å². The van der Waals surface area contributed by atoms with Crippen molar-refractivity contribution >= 4 is 11.8 Å². The molecule has 0 radical (unpaired) electrons. The van der Waals surface area contributed by atoms with Crippen molar-refractivity contribution in [2.45, 2.75) is 19.0 Å². The molecule has 2 amide bonds. The highest BCUT2D eigenvalue weighted by atomic mass is 16.2. The molecule has 130 valence electrons. The van der Waals surface area contributed by atoms with Gasteiger partial charge in [0.05, 0.1) is 12.5 Å².